The van der Waals surface area contributed by atoms with Gasteiger partial charge in [-0.05, 0) is 25.5 Å². The predicted molar refractivity (Wildman–Crippen MR) is 68.6 cm³/mol. The first kappa shape index (κ1) is 12.6. The molecule has 0 spiro atoms. The quantitative estimate of drug-likeness (QED) is 0.927. The molecule has 0 aliphatic heterocycles. The van der Waals surface area contributed by atoms with Crippen molar-refractivity contribution in [3.8, 4) is 0 Å². The van der Waals surface area contributed by atoms with Crippen LogP contribution in [-0.2, 0) is 0 Å². The van der Waals surface area contributed by atoms with Crippen LogP contribution >= 0.6 is 11.6 Å². The fourth-order valence-corrected chi connectivity index (χ4v) is 1.95. The summed E-state index contributed by atoms with van der Waals surface area (Å²) in [5, 5.41) is 7.11. The molecule has 2 aromatic rings. The van der Waals surface area contributed by atoms with Crippen molar-refractivity contribution in [2.24, 2.45) is 0 Å². The monoisotopic (exact) mass is 264 g/mol. The summed E-state index contributed by atoms with van der Waals surface area (Å²) in [5.41, 5.74) is 1.14. The Hall–Kier alpha value is -1.81. The van der Waals surface area contributed by atoms with Crippen LogP contribution in [0.1, 0.15) is 34.8 Å². The van der Waals surface area contributed by atoms with Gasteiger partial charge in [-0.25, -0.2) is 0 Å². The molecule has 1 N–H and O–H groups in total. The molecule has 1 amide bonds. The zero-order valence-corrected chi connectivity index (χ0v) is 10.9. The largest absolute Gasteiger partial charge is 0.361 e. The molecule has 5 heteroatoms. The Morgan fingerprint density at radius 1 is 1.44 bits per heavy atom. The summed E-state index contributed by atoms with van der Waals surface area (Å²) in [6.07, 6.45) is 0. The number of nitrogens with zero attached hydrogens (tertiary/aromatic N) is 1. The maximum atomic E-state index is 11.9. The third-order valence-corrected chi connectivity index (χ3v) is 2.92. The zero-order chi connectivity index (χ0) is 13.1. The van der Waals surface area contributed by atoms with Crippen molar-refractivity contribution in [2.75, 3.05) is 0 Å². The Balaban J connectivity index is 2.10. The predicted octanol–water partition coefficient (Wildman–Crippen LogP) is 3.13. The second kappa shape index (κ2) is 5.23. The summed E-state index contributed by atoms with van der Waals surface area (Å²) in [6.45, 7) is 3.60. The van der Waals surface area contributed by atoms with Crippen LogP contribution in [0.2, 0.25) is 5.02 Å². The number of hydrogen-bond acceptors (Lipinski definition) is 3. The van der Waals surface area contributed by atoms with Crippen molar-refractivity contribution < 1.29 is 9.32 Å². The molecule has 0 bridgehead atoms. The minimum atomic E-state index is -0.278. The van der Waals surface area contributed by atoms with Crippen molar-refractivity contribution in [3.63, 3.8) is 0 Å². The first-order valence-corrected chi connectivity index (χ1v) is 5.94. The Morgan fingerprint density at radius 2 is 2.17 bits per heavy atom. The SMILES string of the molecule is Cc1cc(C(=O)NC(C)c2ccccc2Cl)no1. The van der Waals surface area contributed by atoms with Gasteiger partial charge in [-0.1, -0.05) is 35.0 Å². The Labute approximate surface area is 110 Å². The molecule has 4 nitrogen and oxygen atoms in total. The van der Waals surface area contributed by atoms with E-state index < -0.39 is 0 Å². The summed E-state index contributed by atoms with van der Waals surface area (Å²) < 4.78 is 4.86. The Bertz CT molecular complexity index is 566. The minimum absolute atomic E-state index is 0.191. The van der Waals surface area contributed by atoms with E-state index in [1.165, 1.54) is 0 Å². The Kier molecular flexibility index (Phi) is 3.67. The Morgan fingerprint density at radius 3 is 2.78 bits per heavy atom. The first-order valence-electron chi connectivity index (χ1n) is 5.56. The van der Waals surface area contributed by atoms with Crippen LogP contribution in [0.15, 0.2) is 34.9 Å². The third-order valence-electron chi connectivity index (χ3n) is 2.58. The highest BCUT2D eigenvalue weighted by atomic mass is 35.5. The number of benzene rings is 1. The van der Waals surface area contributed by atoms with Gasteiger partial charge in [0.2, 0.25) is 0 Å². The van der Waals surface area contributed by atoms with Crippen LogP contribution in [0.4, 0.5) is 0 Å². The number of nitrogens with one attached hydrogen (secondary N) is 1. The molecule has 1 heterocycles. The van der Waals surface area contributed by atoms with E-state index in [4.69, 9.17) is 16.1 Å². The number of halogens is 1. The van der Waals surface area contributed by atoms with E-state index >= 15 is 0 Å². The molecule has 0 aliphatic carbocycles. The van der Waals surface area contributed by atoms with E-state index in [1.54, 1.807) is 19.1 Å². The van der Waals surface area contributed by atoms with E-state index in [9.17, 15) is 4.79 Å². The molecule has 2 rings (SSSR count). The molecule has 1 unspecified atom stereocenters. The maximum Gasteiger partial charge on any atom is 0.273 e. The topological polar surface area (TPSA) is 55.1 Å². The summed E-state index contributed by atoms with van der Waals surface area (Å²) in [6, 6.07) is 8.80. The highest BCUT2D eigenvalue weighted by molar-refractivity contribution is 6.31. The fourth-order valence-electron chi connectivity index (χ4n) is 1.65. The molecule has 0 fully saturated rings. The lowest BCUT2D eigenvalue weighted by Gasteiger charge is -2.14. The number of carbonyl (C=O) groups is 1. The molecule has 0 aliphatic rings. The van der Waals surface area contributed by atoms with E-state index in [-0.39, 0.29) is 17.6 Å². The van der Waals surface area contributed by atoms with Gasteiger partial charge in [0.1, 0.15) is 5.76 Å². The summed E-state index contributed by atoms with van der Waals surface area (Å²) >= 11 is 6.07. The van der Waals surface area contributed by atoms with Crippen LogP contribution in [-0.4, -0.2) is 11.1 Å². The first-order chi connectivity index (χ1) is 8.58. The average molecular weight is 265 g/mol. The molecule has 0 saturated carbocycles. The number of aryl methyl sites for hydroxylation is 1. The smallest absolute Gasteiger partial charge is 0.273 e. The van der Waals surface area contributed by atoms with E-state index in [0.29, 0.717) is 10.8 Å². The highest BCUT2D eigenvalue weighted by Crippen LogP contribution is 2.22. The molecule has 94 valence electrons. The van der Waals surface area contributed by atoms with Crippen LogP contribution < -0.4 is 5.32 Å². The van der Waals surface area contributed by atoms with Gasteiger partial charge in [0.25, 0.3) is 5.91 Å². The van der Waals surface area contributed by atoms with Crippen molar-refractivity contribution in [1.29, 1.82) is 0 Å². The van der Waals surface area contributed by atoms with Crippen molar-refractivity contribution in [3.05, 3.63) is 52.4 Å². The van der Waals surface area contributed by atoms with E-state index in [2.05, 4.69) is 10.5 Å². The fraction of sp³-hybridized carbons (Fsp3) is 0.231. The zero-order valence-electron chi connectivity index (χ0n) is 10.1. The van der Waals surface area contributed by atoms with Gasteiger partial charge in [-0.3, -0.25) is 4.79 Å². The standard InChI is InChI=1S/C13H13ClN2O2/c1-8-7-12(16-18-8)13(17)15-9(2)10-5-3-4-6-11(10)14/h3-7,9H,1-2H3,(H,15,17). The van der Waals surface area contributed by atoms with Gasteiger partial charge in [-0.15, -0.1) is 0 Å². The van der Waals surface area contributed by atoms with Gasteiger partial charge in [-0.2, -0.15) is 0 Å². The molecule has 0 saturated heterocycles. The minimum Gasteiger partial charge on any atom is -0.361 e. The number of amides is 1. The second-order valence-electron chi connectivity index (χ2n) is 4.04. The summed E-state index contributed by atoms with van der Waals surface area (Å²) in [4.78, 5) is 11.9. The summed E-state index contributed by atoms with van der Waals surface area (Å²) in [5.74, 6) is 0.324. The number of hydrogen-bond donors (Lipinski definition) is 1. The van der Waals surface area contributed by atoms with Crippen LogP contribution in [0.5, 0.6) is 0 Å². The molecule has 18 heavy (non-hydrogen) atoms. The lowest BCUT2D eigenvalue weighted by molar-refractivity contribution is 0.0930. The number of rotatable bonds is 3. The molecule has 1 aromatic carbocycles. The average Bonchev–Trinajstić information content (AvgIpc) is 2.76. The van der Waals surface area contributed by atoms with Gasteiger partial charge >= 0.3 is 0 Å². The van der Waals surface area contributed by atoms with E-state index in [0.717, 1.165) is 5.56 Å². The molecule has 1 aromatic heterocycles. The lowest BCUT2D eigenvalue weighted by atomic mass is 10.1. The van der Waals surface area contributed by atoms with Gasteiger partial charge in [0.05, 0.1) is 6.04 Å². The third kappa shape index (κ3) is 2.71. The molecular weight excluding hydrogens is 252 g/mol. The number of carbonyl (C=O) groups excluding carboxylic acids is 1. The molecule has 1 atom stereocenters. The van der Waals surface area contributed by atoms with E-state index in [1.807, 2.05) is 25.1 Å². The van der Waals surface area contributed by atoms with Crippen molar-refractivity contribution >= 4 is 17.5 Å². The van der Waals surface area contributed by atoms with Crippen LogP contribution in [0, 0.1) is 6.92 Å². The van der Waals surface area contributed by atoms with Crippen molar-refractivity contribution in [2.45, 2.75) is 19.9 Å². The second-order valence-corrected chi connectivity index (χ2v) is 4.45. The normalized spacial score (nSPS) is 12.2. The van der Waals surface area contributed by atoms with Crippen LogP contribution in [0.3, 0.4) is 0 Å². The van der Waals surface area contributed by atoms with Crippen LogP contribution in [0.25, 0.3) is 0 Å². The lowest BCUT2D eigenvalue weighted by Crippen LogP contribution is -2.27. The highest BCUT2D eigenvalue weighted by Gasteiger charge is 2.16. The number of aromatic nitrogens is 1. The van der Waals surface area contributed by atoms with Gasteiger partial charge < -0.3 is 9.84 Å². The molecular formula is C13H13ClN2O2. The summed E-state index contributed by atoms with van der Waals surface area (Å²) in [7, 11) is 0. The molecule has 0 radical (unpaired) electrons. The maximum absolute atomic E-state index is 11.9. The van der Waals surface area contributed by atoms with Gasteiger partial charge in [0.15, 0.2) is 5.69 Å². The van der Waals surface area contributed by atoms with Crippen molar-refractivity contribution in [1.82, 2.24) is 10.5 Å². The van der Waals surface area contributed by atoms with Gasteiger partial charge in [0, 0.05) is 11.1 Å².